The molecule has 1 aliphatic carbocycles. The second-order valence-corrected chi connectivity index (χ2v) is 6.24. The predicted molar refractivity (Wildman–Crippen MR) is 86.1 cm³/mol. The average Bonchev–Trinajstić information content (AvgIpc) is 2.55. The summed E-state index contributed by atoms with van der Waals surface area (Å²) in [5.41, 5.74) is 8.31. The standard InChI is InChI=1S/C19H23NO/c1-18(21,16-10-3-2-4-11-16)19(14-20)13-7-9-15-8-5-6-12-17(15)19/h2-6,8,10-12,21H,7,9,13-14,20H2,1H3. The van der Waals surface area contributed by atoms with Crippen molar-refractivity contribution in [1.82, 2.24) is 0 Å². The number of hydrogen-bond acceptors (Lipinski definition) is 2. The minimum atomic E-state index is -0.973. The largest absolute Gasteiger partial charge is 0.384 e. The van der Waals surface area contributed by atoms with E-state index in [0.717, 1.165) is 24.8 Å². The molecule has 110 valence electrons. The molecule has 2 atom stereocenters. The quantitative estimate of drug-likeness (QED) is 0.908. The summed E-state index contributed by atoms with van der Waals surface area (Å²) < 4.78 is 0. The summed E-state index contributed by atoms with van der Waals surface area (Å²) in [6.07, 6.45) is 3.06. The van der Waals surface area contributed by atoms with Gasteiger partial charge >= 0.3 is 0 Å². The summed E-state index contributed by atoms with van der Waals surface area (Å²) in [6, 6.07) is 18.3. The normalized spacial score (nSPS) is 24.1. The van der Waals surface area contributed by atoms with E-state index >= 15 is 0 Å². The van der Waals surface area contributed by atoms with Crippen molar-refractivity contribution in [2.75, 3.05) is 6.54 Å². The molecule has 2 heteroatoms. The highest BCUT2D eigenvalue weighted by atomic mass is 16.3. The van der Waals surface area contributed by atoms with E-state index in [2.05, 4.69) is 24.3 Å². The summed E-state index contributed by atoms with van der Waals surface area (Å²) >= 11 is 0. The minimum absolute atomic E-state index is 0.413. The number of aliphatic hydroxyl groups is 1. The Morgan fingerprint density at radius 1 is 1.10 bits per heavy atom. The molecule has 3 N–H and O–H groups in total. The van der Waals surface area contributed by atoms with Crippen LogP contribution in [0.1, 0.15) is 36.5 Å². The van der Waals surface area contributed by atoms with Crippen molar-refractivity contribution in [2.24, 2.45) is 5.73 Å². The summed E-state index contributed by atoms with van der Waals surface area (Å²) in [7, 11) is 0. The Morgan fingerprint density at radius 2 is 1.76 bits per heavy atom. The molecule has 0 aromatic heterocycles. The Balaban J connectivity index is 2.18. The molecule has 2 aromatic rings. The van der Waals surface area contributed by atoms with E-state index in [1.807, 2.05) is 37.3 Å². The third-order valence-corrected chi connectivity index (χ3v) is 5.20. The van der Waals surface area contributed by atoms with Gasteiger partial charge in [-0.25, -0.2) is 0 Å². The molecule has 0 fully saturated rings. The van der Waals surface area contributed by atoms with Crippen molar-refractivity contribution in [1.29, 1.82) is 0 Å². The Morgan fingerprint density at radius 3 is 2.48 bits per heavy atom. The number of benzene rings is 2. The zero-order chi connectivity index (χ0) is 14.9. The fraction of sp³-hybridized carbons (Fsp3) is 0.368. The maximum atomic E-state index is 11.4. The van der Waals surface area contributed by atoms with Crippen molar-refractivity contribution in [2.45, 2.75) is 37.2 Å². The van der Waals surface area contributed by atoms with E-state index < -0.39 is 11.0 Å². The van der Waals surface area contributed by atoms with Crippen LogP contribution in [0.2, 0.25) is 0 Å². The molecule has 2 unspecified atom stereocenters. The molecule has 21 heavy (non-hydrogen) atoms. The lowest BCUT2D eigenvalue weighted by Gasteiger charge is -2.48. The molecule has 0 spiro atoms. The highest BCUT2D eigenvalue weighted by Crippen LogP contribution is 2.48. The van der Waals surface area contributed by atoms with E-state index in [-0.39, 0.29) is 0 Å². The van der Waals surface area contributed by atoms with Crippen LogP contribution in [0, 0.1) is 0 Å². The second-order valence-electron chi connectivity index (χ2n) is 6.24. The predicted octanol–water partition coefficient (Wildman–Crippen LogP) is 3.13. The van der Waals surface area contributed by atoms with Gasteiger partial charge < -0.3 is 10.8 Å². The lowest BCUT2D eigenvalue weighted by Crippen LogP contribution is -2.54. The van der Waals surface area contributed by atoms with E-state index in [1.54, 1.807) is 0 Å². The zero-order valence-corrected chi connectivity index (χ0v) is 12.5. The molecular formula is C19H23NO. The smallest absolute Gasteiger partial charge is 0.0976 e. The molecule has 1 aliphatic rings. The molecule has 2 nitrogen and oxygen atoms in total. The van der Waals surface area contributed by atoms with Crippen LogP contribution in [0.4, 0.5) is 0 Å². The van der Waals surface area contributed by atoms with Gasteiger partial charge in [0.1, 0.15) is 0 Å². The van der Waals surface area contributed by atoms with Crippen molar-refractivity contribution in [3.63, 3.8) is 0 Å². The van der Waals surface area contributed by atoms with Crippen molar-refractivity contribution in [3.8, 4) is 0 Å². The molecule has 3 rings (SSSR count). The van der Waals surface area contributed by atoms with Gasteiger partial charge in [0.15, 0.2) is 0 Å². The van der Waals surface area contributed by atoms with Gasteiger partial charge in [-0.15, -0.1) is 0 Å². The van der Waals surface area contributed by atoms with Gasteiger partial charge in [-0.3, -0.25) is 0 Å². The van der Waals surface area contributed by atoms with Crippen molar-refractivity contribution in [3.05, 3.63) is 71.3 Å². The Bertz CT molecular complexity index is 620. The third-order valence-electron chi connectivity index (χ3n) is 5.20. The number of fused-ring (bicyclic) bond motifs is 1. The van der Waals surface area contributed by atoms with E-state index in [9.17, 15) is 5.11 Å². The Kier molecular flexibility index (Phi) is 3.60. The maximum absolute atomic E-state index is 11.4. The highest BCUT2D eigenvalue weighted by molar-refractivity contribution is 5.43. The van der Waals surface area contributed by atoms with Gasteiger partial charge in [0.05, 0.1) is 5.60 Å². The molecule has 0 radical (unpaired) electrons. The highest BCUT2D eigenvalue weighted by Gasteiger charge is 2.50. The second kappa shape index (κ2) is 5.28. The van der Waals surface area contributed by atoms with Crippen LogP contribution in [0.3, 0.4) is 0 Å². The van der Waals surface area contributed by atoms with Gasteiger partial charge in [-0.1, -0.05) is 54.6 Å². The van der Waals surface area contributed by atoms with Crippen LogP contribution in [0.15, 0.2) is 54.6 Å². The summed E-state index contributed by atoms with van der Waals surface area (Å²) in [6.45, 7) is 2.36. The molecule has 0 bridgehead atoms. The minimum Gasteiger partial charge on any atom is -0.384 e. The first-order chi connectivity index (χ1) is 10.1. The number of aryl methyl sites for hydroxylation is 1. The van der Waals surface area contributed by atoms with Crippen LogP contribution < -0.4 is 5.73 Å². The van der Waals surface area contributed by atoms with Gasteiger partial charge in [0.25, 0.3) is 0 Å². The van der Waals surface area contributed by atoms with Crippen LogP contribution >= 0.6 is 0 Å². The lowest BCUT2D eigenvalue weighted by molar-refractivity contribution is -0.0345. The fourth-order valence-electron chi connectivity index (χ4n) is 3.88. The zero-order valence-electron chi connectivity index (χ0n) is 12.5. The topological polar surface area (TPSA) is 46.2 Å². The first kappa shape index (κ1) is 14.3. The summed E-state index contributed by atoms with van der Waals surface area (Å²) in [4.78, 5) is 0. The van der Waals surface area contributed by atoms with Crippen LogP contribution in [0.5, 0.6) is 0 Å². The average molecular weight is 281 g/mol. The lowest BCUT2D eigenvalue weighted by atomic mass is 9.59. The number of nitrogens with two attached hydrogens (primary N) is 1. The number of rotatable bonds is 3. The summed E-state index contributed by atoms with van der Waals surface area (Å²) in [5, 5.41) is 11.4. The summed E-state index contributed by atoms with van der Waals surface area (Å²) in [5.74, 6) is 0. The van der Waals surface area contributed by atoms with Gasteiger partial charge in [0, 0.05) is 12.0 Å². The molecule has 0 amide bonds. The first-order valence-corrected chi connectivity index (χ1v) is 7.68. The van der Waals surface area contributed by atoms with Crippen LogP contribution in [0.25, 0.3) is 0 Å². The van der Waals surface area contributed by atoms with Gasteiger partial charge in [-0.05, 0) is 42.9 Å². The third kappa shape index (κ3) is 2.10. The van der Waals surface area contributed by atoms with Crippen molar-refractivity contribution >= 4 is 0 Å². The number of hydrogen-bond donors (Lipinski definition) is 2. The molecule has 0 aliphatic heterocycles. The van der Waals surface area contributed by atoms with Crippen LogP contribution in [-0.2, 0) is 17.4 Å². The SMILES string of the molecule is CC(O)(c1ccccc1)C1(CN)CCCc2ccccc21. The molecule has 0 saturated heterocycles. The van der Waals surface area contributed by atoms with E-state index in [1.165, 1.54) is 11.1 Å². The molecule has 0 saturated carbocycles. The fourth-order valence-corrected chi connectivity index (χ4v) is 3.88. The first-order valence-electron chi connectivity index (χ1n) is 7.68. The molecular weight excluding hydrogens is 258 g/mol. The van der Waals surface area contributed by atoms with Gasteiger partial charge in [0.2, 0.25) is 0 Å². The van der Waals surface area contributed by atoms with Crippen molar-refractivity contribution < 1.29 is 5.11 Å². The van der Waals surface area contributed by atoms with Crippen LogP contribution in [-0.4, -0.2) is 11.7 Å². The van der Waals surface area contributed by atoms with Gasteiger partial charge in [-0.2, -0.15) is 0 Å². The van der Waals surface area contributed by atoms with E-state index in [0.29, 0.717) is 6.54 Å². The monoisotopic (exact) mass is 281 g/mol. The Labute approximate surface area is 126 Å². The molecule has 0 heterocycles. The maximum Gasteiger partial charge on any atom is 0.0976 e. The molecule has 2 aromatic carbocycles. The Hall–Kier alpha value is -1.64. The van der Waals surface area contributed by atoms with E-state index in [4.69, 9.17) is 5.73 Å².